The number of anilines is 1. The van der Waals surface area contributed by atoms with Crippen molar-refractivity contribution in [2.75, 3.05) is 11.4 Å². The van der Waals surface area contributed by atoms with Crippen LogP contribution in [0.25, 0.3) is 17.1 Å². The smallest absolute Gasteiger partial charge is 0.414 e. The molecule has 5 heterocycles. The van der Waals surface area contributed by atoms with Crippen molar-refractivity contribution in [3.05, 3.63) is 54.7 Å². The van der Waals surface area contributed by atoms with E-state index in [-0.39, 0.29) is 30.2 Å². The van der Waals surface area contributed by atoms with Crippen LogP contribution in [0.15, 0.2) is 47.5 Å². The Morgan fingerprint density at radius 2 is 2.15 bits per heavy atom. The predicted molar refractivity (Wildman–Crippen MR) is 109 cm³/mol. The number of hydrogen-bond donors (Lipinski definition) is 0. The third-order valence-corrected chi connectivity index (χ3v) is 5.34. The molecule has 34 heavy (non-hydrogen) atoms. The van der Waals surface area contributed by atoms with Crippen LogP contribution in [-0.2, 0) is 20.8 Å². The summed E-state index contributed by atoms with van der Waals surface area (Å²) in [6.07, 6.45) is 4.27. The van der Waals surface area contributed by atoms with Gasteiger partial charge >= 0.3 is 6.09 Å². The standard InChI is InChI=1S/C20H17FN8O5/c1-11-31-19(32-11)18-24-17(25-34-18)12-7-23-29(8-12)16-3-2-13(6-15(16)21)28-10-14(33-20(28)30)9-27-5-4-22-26-27/h2-8,11,14,19H,9-10H2,1H3/t11?,14-,19?/m0/s1. The van der Waals surface area contributed by atoms with Gasteiger partial charge in [0.1, 0.15) is 11.8 Å². The van der Waals surface area contributed by atoms with E-state index in [1.807, 2.05) is 0 Å². The molecular formula is C20H17FN8O5. The molecule has 0 bridgehead atoms. The number of hydrogen-bond acceptors (Lipinski definition) is 10. The van der Waals surface area contributed by atoms with Gasteiger partial charge in [0.2, 0.25) is 12.1 Å². The number of cyclic esters (lactones) is 1. The molecule has 0 N–H and O–H groups in total. The molecule has 2 saturated heterocycles. The van der Waals surface area contributed by atoms with Gasteiger partial charge in [-0.1, -0.05) is 10.4 Å². The Kier molecular flexibility index (Phi) is 4.81. The molecular weight excluding hydrogens is 451 g/mol. The lowest BCUT2D eigenvalue weighted by atomic mass is 10.2. The zero-order valence-electron chi connectivity index (χ0n) is 17.7. The maximum atomic E-state index is 15.0. The van der Waals surface area contributed by atoms with Crippen molar-refractivity contribution in [3.8, 4) is 17.1 Å². The van der Waals surface area contributed by atoms with Gasteiger partial charge in [0.05, 0.1) is 36.7 Å². The van der Waals surface area contributed by atoms with Crippen LogP contribution in [0.2, 0.25) is 0 Å². The Bertz CT molecular complexity index is 1330. The van der Waals surface area contributed by atoms with Crippen LogP contribution in [0, 0.1) is 5.82 Å². The van der Waals surface area contributed by atoms with E-state index in [0.29, 0.717) is 17.8 Å². The first-order valence-corrected chi connectivity index (χ1v) is 10.4. The van der Waals surface area contributed by atoms with Gasteiger partial charge in [-0.25, -0.2) is 18.5 Å². The van der Waals surface area contributed by atoms with Gasteiger partial charge in [0, 0.05) is 12.4 Å². The maximum Gasteiger partial charge on any atom is 0.414 e. The summed E-state index contributed by atoms with van der Waals surface area (Å²) in [7, 11) is 0. The third kappa shape index (κ3) is 3.68. The number of halogens is 1. The van der Waals surface area contributed by atoms with Gasteiger partial charge in [0.25, 0.3) is 5.89 Å². The fourth-order valence-corrected chi connectivity index (χ4v) is 3.71. The van der Waals surface area contributed by atoms with E-state index in [1.54, 1.807) is 36.3 Å². The first-order valence-electron chi connectivity index (χ1n) is 10.4. The monoisotopic (exact) mass is 468 g/mol. The molecule has 0 aliphatic carbocycles. The lowest BCUT2D eigenvalue weighted by molar-refractivity contribution is -0.389. The molecule has 2 aliphatic rings. The van der Waals surface area contributed by atoms with Gasteiger partial charge in [-0.15, -0.1) is 5.10 Å². The van der Waals surface area contributed by atoms with Crippen LogP contribution in [-0.4, -0.2) is 59.9 Å². The Morgan fingerprint density at radius 3 is 2.91 bits per heavy atom. The van der Waals surface area contributed by atoms with E-state index >= 15 is 0 Å². The van der Waals surface area contributed by atoms with Gasteiger partial charge in [-0.05, 0) is 25.1 Å². The molecule has 174 valence electrons. The topological polar surface area (TPSA) is 135 Å². The highest BCUT2D eigenvalue weighted by Crippen LogP contribution is 2.31. The largest absolute Gasteiger partial charge is 0.442 e. The van der Waals surface area contributed by atoms with Crippen molar-refractivity contribution < 1.29 is 27.9 Å². The molecule has 2 aliphatic heterocycles. The molecule has 1 aromatic carbocycles. The Balaban J connectivity index is 1.17. The SMILES string of the molecule is CC1OC(c2nc(-c3cnn(-c4ccc(N5C[C@H](Cn6ccnn6)OC5=O)cc4F)c3)no2)O1. The van der Waals surface area contributed by atoms with Gasteiger partial charge in [-0.3, -0.25) is 4.90 Å². The Morgan fingerprint density at radius 1 is 1.26 bits per heavy atom. The van der Waals surface area contributed by atoms with E-state index < -0.39 is 24.3 Å². The molecule has 0 saturated carbocycles. The van der Waals surface area contributed by atoms with Crippen LogP contribution in [0.1, 0.15) is 19.1 Å². The van der Waals surface area contributed by atoms with Crippen LogP contribution >= 0.6 is 0 Å². The molecule has 6 rings (SSSR count). The average Bonchev–Trinajstić information content (AvgIpc) is 3.59. The molecule has 1 amide bonds. The highest BCUT2D eigenvalue weighted by atomic mass is 19.1. The minimum Gasteiger partial charge on any atom is -0.442 e. The Labute approximate surface area is 190 Å². The molecule has 14 heteroatoms. The van der Waals surface area contributed by atoms with Crippen LogP contribution in [0.3, 0.4) is 0 Å². The Hall–Kier alpha value is -4.17. The molecule has 0 radical (unpaired) electrons. The van der Waals surface area contributed by atoms with E-state index in [9.17, 15) is 9.18 Å². The first kappa shape index (κ1) is 20.4. The minimum absolute atomic E-state index is 0.185. The molecule has 13 nitrogen and oxygen atoms in total. The van der Waals surface area contributed by atoms with Crippen molar-refractivity contribution in [2.24, 2.45) is 0 Å². The molecule has 0 unspecified atom stereocenters. The number of benzene rings is 1. The van der Waals surface area contributed by atoms with Crippen molar-refractivity contribution in [2.45, 2.75) is 32.2 Å². The van der Waals surface area contributed by atoms with Crippen molar-refractivity contribution in [1.29, 1.82) is 0 Å². The third-order valence-electron chi connectivity index (χ3n) is 5.34. The minimum atomic E-state index is -0.690. The summed E-state index contributed by atoms with van der Waals surface area (Å²) in [5, 5.41) is 15.7. The number of amides is 1. The summed E-state index contributed by atoms with van der Waals surface area (Å²) in [4.78, 5) is 17.9. The molecule has 4 aromatic rings. The fourth-order valence-electron chi connectivity index (χ4n) is 3.71. The fraction of sp³-hybridized carbons (Fsp3) is 0.300. The van der Waals surface area contributed by atoms with E-state index in [4.69, 9.17) is 18.7 Å². The summed E-state index contributed by atoms with van der Waals surface area (Å²) in [5.41, 5.74) is 1.08. The van der Waals surface area contributed by atoms with Crippen LogP contribution < -0.4 is 4.90 Å². The first-order chi connectivity index (χ1) is 16.5. The normalized spacial score (nSPS) is 22.1. The average molecular weight is 468 g/mol. The van der Waals surface area contributed by atoms with Gasteiger partial charge in [-0.2, -0.15) is 10.1 Å². The summed E-state index contributed by atoms with van der Waals surface area (Å²) >= 11 is 0. The number of rotatable bonds is 6. The van der Waals surface area contributed by atoms with E-state index in [1.165, 1.54) is 27.9 Å². The van der Waals surface area contributed by atoms with Gasteiger partial charge < -0.3 is 18.7 Å². The maximum absolute atomic E-state index is 15.0. The highest BCUT2D eigenvalue weighted by Gasteiger charge is 2.34. The molecule has 3 aromatic heterocycles. The van der Waals surface area contributed by atoms with Crippen molar-refractivity contribution in [1.82, 2.24) is 34.9 Å². The molecule has 2 fully saturated rings. The predicted octanol–water partition coefficient (Wildman–Crippen LogP) is 2.07. The number of nitrogens with zero attached hydrogens (tertiary/aromatic N) is 8. The summed E-state index contributed by atoms with van der Waals surface area (Å²) in [5.74, 6) is -0.113. The second-order valence-electron chi connectivity index (χ2n) is 7.68. The number of aromatic nitrogens is 7. The number of carbonyl (C=O) groups excluding carboxylic acids is 1. The number of ether oxygens (including phenoxy) is 3. The second-order valence-corrected chi connectivity index (χ2v) is 7.68. The number of carbonyl (C=O) groups is 1. The lowest BCUT2D eigenvalue weighted by Crippen LogP contribution is -2.31. The second kappa shape index (κ2) is 8.00. The van der Waals surface area contributed by atoms with E-state index in [2.05, 4.69) is 25.6 Å². The summed E-state index contributed by atoms with van der Waals surface area (Å²) in [6.45, 7) is 2.37. The highest BCUT2D eigenvalue weighted by molar-refractivity contribution is 5.89. The molecule has 0 spiro atoms. The van der Waals surface area contributed by atoms with Gasteiger partial charge in [0.15, 0.2) is 12.1 Å². The summed E-state index contributed by atoms with van der Waals surface area (Å²) in [6, 6.07) is 4.41. The van der Waals surface area contributed by atoms with Crippen LogP contribution in [0.4, 0.5) is 14.9 Å². The quantitative estimate of drug-likeness (QED) is 0.414. The van der Waals surface area contributed by atoms with E-state index in [0.717, 1.165) is 0 Å². The molecule has 1 atom stereocenters. The zero-order valence-corrected chi connectivity index (χ0v) is 17.7. The zero-order chi connectivity index (χ0) is 23.2. The van der Waals surface area contributed by atoms with Crippen molar-refractivity contribution in [3.63, 3.8) is 0 Å². The van der Waals surface area contributed by atoms with Crippen LogP contribution in [0.5, 0.6) is 0 Å². The lowest BCUT2D eigenvalue weighted by Gasteiger charge is -2.30. The summed E-state index contributed by atoms with van der Waals surface area (Å²) < 4.78 is 39.1. The van der Waals surface area contributed by atoms with Crippen molar-refractivity contribution >= 4 is 11.8 Å².